The summed E-state index contributed by atoms with van der Waals surface area (Å²) in [6.45, 7) is 13.0. The molecule has 100 valence electrons. The highest BCUT2D eigenvalue weighted by atomic mass is 15.3. The highest BCUT2D eigenvalue weighted by Crippen LogP contribution is 2.37. The third-order valence-corrected chi connectivity index (χ3v) is 4.10. The van der Waals surface area contributed by atoms with E-state index in [4.69, 9.17) is 5.73 Å². The van der Waals surface area contributed by atoms with Crippen LogP contribution in [0.15, 0.2) is 4.99 Å². The van der Waals surface area contributed by atoms with Gasteiger partial charge in [-0.25, -0.2) is 4.99 Å². The van der Waals surface area contributed by atoms with Crippen LogP contribution in [-0.2, 0) is 0 Å². The van der Waals surface area contributed by atoms with Crippen LogP contribution in [0.1, 0.15) is 60.3 Å². The summed E-state index contributed by atoms with van der Waals surface area (Å²) in [6, 6.07) is 0. The summed E-state index contributed by atoms with van der Waals surface area (Å²) in [6.07, 6.45) is 5.07. The number of rotatable bonds is 2. The smallest absolute Gasteiger partial charge is 0.191 e. The van der Waals surface area contributed by atoms with E-state index in [1.54, 1.807) is 0 Å². The number of piperidine rings is 1. The molecular formula is C14H29N3. The maximum atomic E-state index is 6.08. The van der Waals surface area contributed by atoms with E-state index in [0.717, 1.165) is 19.0 Å². The lowest BCUT2D eigenvalue weighted by Gasteiger charge is -2.41. The van der Waals surface area contributed by atoms with Gasteiger partial charge >= 0.3 is 0 Å². The number of aliphatic imine (C=N–C) groups is 1. The first-order valence-corrected chi connectivity index (χ1v) is 6.92. The standard InChI is InChI=1S/C14H29N3/c1-6-14(7-2)8-10-17(11-9-14)12(15)16-13(3,4)5/h6-11H2,1-5H3,(H2,15,16). The van der Waals surface area contributed by atoms with E-state index >= 15 is 0 Å². The van der Waals surface area contributed by atoms with E-state index in [9.17, 15) is 0 Å². The number of guanidine groups is 1. The third kappa shape index (κ3) is 3.90. The molecule has 0 radical (unpaired) electrons. The van der Waals surface area contributed by atoms with Gasteiger partial charge in [0.2, 0.25) is 0 Å². The second-order valence-corrected chi connectivity index (χ2v) is 6.33. The van der Waals surface area contributed by atoms with Crippen molar-refractivity contribution in [2.45, 2.75) is 65.8 Å². The molecular weight excluding hydrogens is 210 g/mol. The summed E-state index contributed by atoms with van der Waals surface area (Å²) in [5.74, 6) is 0.721. The minimum Gasteiger partial charge on any atom is -0.370 e. The molecule has 0 unspecified atom stereocenters. The SMILES string of the molecule is CCC1(CC)CCN(C(N)=NC(C)(C)C)CC1. The largest absolute Gasteiger partial charge is 0.370 e. The molecule has 0 aromatic rings. The molecule has 0 aromatic carbocycles. The number of nitrogens with two attached hydrogens (primary N) is 1. The third-order valence-electron chi connectivity index (χ3n) is 4.10. The summed E-state index contributed by atoms with van der Waals surface area (Å²) in [7, 11) is 0. The van der Waals surface area contributed by atoms with Gasteiger partial charge in [-0.1, -0.05) is 26.7 Å². The van der Waals surface area contributed by atoms with Gasteiger partial charge in [0.25, 0.3) is 0 Å². The van der Waals surface area contributed by atoms with E-state index in [-0.39, 0.29) is 5.54 Å². The fourth-order valence-electron chi connectivity index (χ4n) is 2.58. The number of hydrogen-bond acceptors (Lipinski definition) is 1. The zero-order valence-corrected chi connectivity index (χ0v) is 12.2. The molecule has 3 heteroatoms. The lowest BCUT2D eigenvalue weighted by molar-refractivity contribution is 0.134. The number of nitrogens with zero attached hydrogens (tertiary/aromatic N) is 2. The average molecular weight is 239 g/mol. The molecule has 0 bridgehead atoms. The maximum absolute atomic E-state index is 6.08. The van der Waals surface area contributed by atoms with Gasteiger partial charge in [0.15, 0.2) is 5.96 Å². The lowest BCUT2D eigenvalue weighted by Crippen LogP contribution is -2.46. The van der Waals surface area contributed by atoms with Gasteiger partial charge in [-0.2, -0.15) is 0 Å². The Morgan fingerprint density at radius 1 is 1.18 bits per heavy atom. The Hall–Kier alpha value is -0.730. The molecule has 17 heavy (non-hydrogen) atoms. The first kappa shape index (κ1) is 14.3. The first-order valence-electron chi connectivity index (χ1n) is 6.92. The van der Waals surface area contributed by atoms with E-state index in [1.165, 1.54) is 25.7 Å². The van der Waals surface area contributed by atoms with Crippen molar-refractivity contribution >= 4 is 5.96 Å². The van der Waals surface area contributed by atoms with E-state index in [2.05, 4.69) is 44.5 Å². The second-order valence-electron chi connectivity index (χ2n) is 6.33. The monoisotopic (exact) mass is 239 g/mol. The molecule has 1 fully saturated rings. The lowest BCUT2D eigenvalue weighted by atomic mass is 9.74. The highest BCUT2D eigenvalue weighted by molar-refractivity contribution is 5.78. The van der Waals surface area contributed by atoms with Crippen LogP contribution in [-0.4, -0.2) is 29.5 Å². The van der Waals surface area contributed by atoms with Crippen molar-refractivity contribution in [2.75, 3.05) is 13.1 Å². The molecule has 1 heterocycles. The average Bonchev–Trinajstić information content (AvgIpc) is 2.27. The van der Waals surface area contributed by atoms with Crippen LogP contribution < -0.4 is 5.73 Å². The summed E-state index contributed by atoms with van der Waals surface area (Å²) in [4.78, 5) is 6.80. The Morgan fingerprint density at radius 2 is 1.65 bits per heavy atom. The topological polar surface area (TPSA) is 41.6 Å². The number of likely N-dealkylation sites (tertiary alicyclic amines) is 1. The molecule has 0 aromatic heterocycles. The van der Waals surface area contributed by atoms with Crippen molar-refractivity contribution in [1.29, 1.82) is 0 Å². The van der Waals surface area contributed by atoms with E-state index in [0.29, 0.717) is 5.41 Å². The molecule has 0 amide bonds. The van der Waals surface area contributed by atoms with Crippen molar-refractivity contribution in [3.05, 3.63) is 0 Å². The van der Waals surface area contributed by atoms with Gasteiger partial charge in [0.05, 0.1) is 5.54 Å². The van der Waals surface area contributed by atoms with Crippen LogP contribution >= 0.6 is 0 Å². The predicted octanol–water partition coefficient (Wildman–Crippen LogP) is 3.00. The fraction of sp³-hybridized carbons (Fsp3) is 0.929. The molecule has 0 spiro atoms. The molecule has 1 aliphatic rings. The summed E-state index contributed by atoms with van der Waals surface area (Å²) in [5, 5.41) is 0. The van der Waals surface area contributed by atoms with Crippen LogP contribution in [0.4, 0.5) is 0 Å². The first-order chi connectivity index (χ1) is 7.82. The van der Waals surface area contributed by atoms with E-state index < -0.39 is 0 Å². The second kappa shape index (κ2) is 5.28. The van der Waals surface area contributed by atoms with Gasteiger partial charge in [-0.15, -0.1) is 0 Å². The Bertz CT molecular complexity index is 262. The summed E-state index contributed by atoms with van der Waals surface area (Å²) in [5.41, 5.74) is 6.56. The quantitative estimate of drug-likeness (QED) is 0.594. The zero-order chi connectivity index (χ0) is 13.1. The van der Waals surface area contributed by atoms with Crippen LogP contribution in [0, 0.1) is 5.41 Å². The van der Waals surface area contributed by atoms with Crippen LogP contribution in [0.3, 0.4) is 0 Å². The van der Waals surface area contributed by atoms with Gasteiger partial charge in [-0.3, -0.25) is 0 Å². The Labute approximate surface area is 106 Å². The molecule has 2 N–H and O–H groups in total. The van der Waals surface area contributed by atoms with Gasteiger partial charge < -0.3 is 10.6 Å². The molecule has 1 aliphatic heterocycles. The molecule has 1 saturated heterocycles. The summed E-state index contributed by atoms with van der Waals surface area (Å²) >= 11 is 0. The zero-order valence-electron chi connectivity index (χ0n) is 12.2. The van der Waals surface area contributed by atoms with Gasteiger partial charge in [0, 0.05) is 13.1 Å². The van der Waals surface area contributed by atoms with Crippen LogP contribution in [0.25, 0.3) is 0 Å². The maximum Gasteiger partial charge on any atom is 0.191 e. The fourth-order valence-corrected chi connectivity index (χ4v) is 2.58. The minimum atomic E-state index is -0.0753. The predicted molar refractivity (Wildman–Crippen MR) is 75.2 cm³/mol. The minimum absolute atomic E-state index is 0.0753. The molecule has 1 rings (SSSR count). The number of hydrogen-bond donors (Lipinski definition) is 1. The Balaban J connectivity index is 2.61. The van der Waals surface area contributed by atoms with Crippen molar-refractivity contribution < 1.29 is 0 Å². The highest BCUT2D eigenvalue weighted by Gasteiger charge is 2.31. The van der Waals surface area contributed by atoms with Gasteiger partial charge in [-0.05, 0) is 39.0 Å². The normalized spacial score (nSPS) is 21.7. The molecule has 0 aliphatic carbocycles. The van der Waals surface area contributed by atoms with Crippen molar-refractivity contribution in [1.82, 2.24) is 4.90 Å². The Kier molecular flexibility index (Phi) is 4.45. The molecule has 3 nitrogen and oxygen atoms in total. The van der Waals surface area contributed by atoms with Crippen molar-refractivity contribution in [3.8, 4) is 0 Å². The Morgan fingerprint density at radius 3 is 2.00 bits per heavy atom. The molecule has 0 atom stereocenters. The van der Waals surface area contributed by atoms with Crippen LogP contribution in [0.2, 0.25) is 0 Å². The van der Waals surface area contributed by atoms with Crippen molar-refractivity contribution in [3.63, 3.8) is 0 Å². The van der Waals surface area contributed by atoms with Crippen molar-refractivity contribution in [2.24, 2.45) is 16.1 Å². The molecule has 0 saturated carbocycles. The summed E-state index contributed by atoms with van der Waals surface area (Å²) < 4.78 is 0. The van der Waals surface area contributed by atoms with E-state index in [1.807, 2.05) is 0 Å². The van der Waals surface area contributed by atoms with Crippen LogP contribution in [0.5, 0.6) is 0 Å². The van der Waals surface area contributed by atoms with Gasteiger partial charge in [0.1, 0.15) is 0 Å².